The van der Waals surface area contributed by atoms with Crippen LogP contribution in [0.2, 0.25) is 0 Å². The molecular formula is C23H17N7O. The number of fused-ring (bicyclic) bond motifs is 2. The van der Waals surface area contributed by atoms with Crippen LogP contribution in [0, 0.1) is 11.3 Å². The van der Waals surface area contributed by atoms with Gasteiger partial charge in [0.15, 0.2) is 0 Å². The lowest BCUT2D eigenvalue weighted by Crippen LogP contribution is -2.27. The van der Waals surface area contributed by atoms with Crippen LogP contribution in [0.3, 0.4) is 0 Å². The number of H-pyrrole nitrogens is 2. The van der Waals surface area contributed by atoms with Crippen LogP contribution in [0.15, 0.2) is 60.9 Å². The van der Waals surface area contributed by atoms with Crippen LogP contribution in [-0.2, 0) is 0 Å². The Morgan fingerprint density at radius 3 is 2.61 bits per heavy atom. The van der Waals surface area contributed by atoms with Crippen molar-refractivity contribution in [2.45, 2.75) is 13.0 Å². The van der Waals surface area contributed by atoms with E-state index in [2.05, 4.69) is 36.5 Å². The zero-order valence-corrected chi connectivity index (χ0v) is 16.5. The maximum Gasteiger partial charge on any atom is 0.289 e. The monoisotopic (exact) mass is 407 g/mol. The number of benzene rings is 2. The fraction of sp³-hybridized carbons (Fsp3) is 0.0870. The molecule has 8 nitrogen and oxygen atoms in total. The minimum atomic E-state index is -0.365. The molecule has 0 saturated heterocycles. The highest BCUT2D eigenvalue weighted by Gasteiger charge is 2.18. The number of hydrogen-bond acceptors (Lipinski definition) is 5. The molecule has 1 amide bonds. The Morgan fingerprint density at radius 1 is 1.06 bits per heavy atom. The molecule has 5 rings (SSSR count). The lowest BCUT2D eigenvalue weighted by Gasteiger charge is -2.13. The molecule has 0 spiro atoms. The molecule has 0 unspecified atom stereocenters. The minimum Gasteiger partial charge on any atom is -0.343 e. The van der Waals surface area contributed by atoms with Crippen molar-refractivity contribution < 1.29 is 4.79 Å². The van der Waals surface area contributed by atoms with Gasteiger partial charge in [-0.3, -0.25) is 14.9 Å². The van der Waals surface area contributed by atoms with Crippen LogP contribution in [0.4, 0.5) is 0 Å². The molecule has 0 aliphatic heterocycles. The van der Waals surface area contributed by atoms with Gasteiger partial charge in [-0.1, -0.05) is 12.1 Å². The number of nitriles is 1. The molecule has 8 heteroatoms. The van der Waals surface area contributed by atoms with Gasteiger partial charge in [-0.05, 0) is 48.9 Å². The molecule has 3 N–H and O–H groups in total. The smallest absolute Gasteiger partial charge is 0.289 e. The van der Waals surface area contributed by atoms with Crippen molar-refractivity contribution in [1.82, 2.24) is 30.5 Å². The minimum absolute atomic E-state index is 0.111. The van der Waals surface area contributed by atoms with Crippen LogP contribution < -0.4 is 5.32 Å². The molecule has 0 saturated carbocycles. The number of nitrogens with zero attached hydrogens (tertiary/aromatic N) is 4. The maximum absolute atomic E-state index is 12.8. The Labute approximate surface area is 177 Å². The van der Waals surface area contributed by atoms with Gasteiger partial charge in [-0.2, -0.15) is 5.26 Å². The molecule has 5 aromatic rings. The Morgan fingerprint density at radius 2 is 1.84 bits per heavy atom. The molecular weight excluding hydrogens is 390 g/mol. The van der Waals surface area contributed by atoms with Crippen molar-refractivity contribution in [3.8, 4) is 17.3 Å². The first-order valence-corrected chi connectivity index (χ1v) is 9.71. The summed E-state index contributed by atoms with van der Waals surface area (Å²) in [4.78, 5) is 25.7. The molecule has 3 aromatic heterocycles. The number of carbonyl (C=O) groups excluding carboxylic acids is 1. The number of carbonyl (C=O) groups is 1. The summed E-state index contributed by atoms with van der Waals surface area (Å²) >= 11 is 0. The molecule has 0 fully saturated rings. The summed E-state index contributed by atoms with van der Waals surface area (Å²) in [6, 6.07) is 16.6. The Bertz CT molecular complexity index is 1460. The third kappa shape index (κ3) is 3.38. The Kier molecular flexibility index (Phi) is 4.41. The standard InChI is InChI=1S/C23H17N7O/c1-13(16-4-2-3-14(9-16)12-24)26-23(31)22-27-19-10-17-18(11-20(19)28-22)29-30-21(17)15-5-7-25-8-6-15/h2-11,13,29-30H,1H3,(H,26,31)/t13-/m1/s1. The third-order valence-corrected chi connectivity index (χ3v) is 5.19. The number of nitrogens with one attached hydrogen (secondary N) is 3. The highest BCUT2D eigenvalue weighted by atomic mass is 16.2. The molecule has 31 heavy (non-hydrogen) atoms. The van der Waals surface area contributed by atoms with E-state index in [1.165, 1.54) is 0 Å². The Hall–Kier alpha value is -4.51. The summed E-state index contributed by atoms with van der Waals surface area (Å²) < 4.78 is 0. The summed E-state index contributed by atoms with van der Waals surface area (Å²) in [5.41, 5.74) is 5.44. The lowest BCUT2D eigenvalue weighted by atomic mass is 10.1. The van der Waals surface area contributed by atoms with Crippen LogP contribution in [0.1, 0.15) is 34.7 Å². The number of amides is 1. The summed E-state index contributed by atoms with van der Waals surface area (Å²) in [5.74, 6) is -0.254. The second-order valence-electron chi connectivity index (χ2n) is 7.23. The van der Waals surface area contributed by atoms with Gasteiger partial charge in [0.1, 0.15) is 0 Å². The van der Waals surface area contributed by atoms with E-state index in [1.54, 1.807) is 30.6 Å². The van der Waals surface area contributed by atoms with Gasteiger partial charge in [0.25, 0.3) is 5.91 Å². The first-order chi connectivity index (χ1) is 15.1. The van der Waals surface area contributed by atoms with Crippen LogP contribution in [0.25, 0.3) is 33.2 Å². The van der Waals surface area contributed by atoms with Crippen LogP contribution in [-0.4, -0.2) is 31.1 Å². The number of imidazole rings is 1. The molecule has 2 aromatic carbocycles. The van der Waals surface area contributed by atoms with E-state index in [0.29, 0.717) is 16.6 Å². The predicted molar refractivity (Wildman–Crippen MR) is 116 cm³/mol. The average Bonchev–Trinajstić information content (AvgIpc) is 3.41. The van der Waals surface area contributed by atoms with Crippen molar-refractivity contribution in [3.63, 3.8) is 0 Å². The highest BCUT2D eigenvalue weighted by molar-refractivity contribution is 6.02. The number of hydrogen-bond donors (Lipinski definition) is 3. The fourth-order valence-electron chi connectivity index (χ4n) is 3.59. The molecule has 0 bridgehead atoms. The van der Waals surface area contributed by atoms with Gasteiger partial charge < -0.3 is 10.4 Å². The lowest BCUT2D eigenvalue weighted by molar-refractivity contribution is 0.0930. The van der Waals surface area contributed by atoms with E-state index < -0.39 is 0 Å². The summed E-state index contributed by atoms with van der Waals surface area (Å²) in [5, 5.41) is 19.2. The van der Waals surface area contributed by atoms with Crippen molar-refractivity contribution in [2.75, 3.05) is 0 Å². The van der Waals surface area contributed by atoms with E-state index in [-0.39, 0.29) is 17.8 Å². The van der Waals surface area contributed by atoms with Gasteiger partial charge in [0, 0.05) is 23.3 Å². The molecule has 3 heterocycles. The highest BCUT2D eigenvalue weighted by Crippen LogP contribution is 2.29. The largest absolute Gasteiger partial charge is 0.343 e. The summed E-state index contributed by atoms with van der Waals surface area (Å²) in [6.45, 7) is 1.86. The average molecular weight is 407 g/mol. The summed E-state index contributed by atoms with van der Waals surface area (Å²) in [7, 11) is 0. The number of aromatic amines is 2. The van der Waals surface area contributed by atoms with Crippen molar-refractivity contribution in [1.29, 1.82) is 5.26 Å². The fourth-order valence-corrected chi connectivity index (χ4v) is 3.59. The maximum atomic E-state index is 12.8. The van der Waals surface area contributed by atoms with Gasteiger partial charge in [0.05, 0.1) is 39.9 Å². The third-order valence-electron chi connectivity index (χ3n) is 5.19. The van der Waals surface area contributed by atoms with Gasteiger partial charge in [-0.15, -0.1) is 0 Å². The van der Waals surface area contributed by atoms with Crippen molar-refractivity contribution in [2.24, 2.45) is 0 Å². The number of aromatic nitrogens is 5. The summed E-state index contributed by atoms with van der Waals surface area (Å²) in [6.07, 6.45) is 3.47. The van der Waals surface area contributed by atoms with Gasteiger partial charge >= 0.3 is 0 Å². The molecule has 0 aliphatic rings. The molecule has 1 atom stereocenters. The topological polar surface area (TPSA) is 123 Å². The van der Waals surface area contributed by atoms with E-state index >= 15 is 0 Å². The first kappa shape index (κ1) is 18.5. The van der Waals surface area contributed by atoms with Crippen molar-refractivity contribution >= 4 is 27.8 Å². The number of pyridine rings is 1. The molecule has 0 aliphatic carbocycles. The molecule has 0 radical (unpaired) electrons. The van der Waals surface area contributed by atoms with Crippen LogP contribution >= 0.6 is 0 Å². The Balaban J connectivity index is 1.45. The zero-order chi connectivity index (χ0) is 21.4. The van der Waals surface area contributed by atoms with E-state index in [1.807, 2.05) is 37.3 Å². The first-order valence-electron chi connectivity index (χ1n) is 9.71. The van der Waals surface area contributed by atoms with E-state index in [4.69, 9.17) is 5.26 Å². The normalized spacial score (nSPS) is 12.0. The number of rotatable bonds is 4. The van der Waals surface area contributed by atoms with Crippen LogP contribution in [0.5, 0.6) is 0 Å². The second-order valence-corrected chi connectivity index (χ2v) is 7.23. The second kappa shape index (κ2) is 7.39. The van der Waals surface area contributed by atoms with E-state index in [9.17, 15) is 4.79 Å². The van der Waals surface area contributed by atoms with Gasteiger partial charge in [-0.25, -0.2) is 9.97 Å². The quantitative estimate of drug-likeness (QED) is 0.417. The van der Waals surface area contributed by atoms with Crippen molar-refractivity contribution in [3.05, 3.63) is 77.9 Å². The molecule has 150 valence electrons. The predicted octanol–water partition coefficient (Wildman–Crippen LogP) is 3.86. The zero-order valence-electron chi connectivity index (χ0n) is 16.5. The SMILES string of the molecule is C[C@@H](NC(=O)c1nc2cc3[nH][nH]c(-c4ccncc4)c3cc2n1)c1cccc(C#N)c1. The van der Waals surface area contributed by atoms with E-state index in [0.717, 1.165) is 27.7 Å². The van der Waals surface area contributed by atoms with Gasteiger partial charge in [0.2, 0.25) is 5.82 Å².